The van der Waals surface area contributed by atoms with Crippen LogP contribution in [0.25, 0.3) is 0 Å². The zero-order valence-electron chi connectivity index (χ0n) is 12.1. The number of aliphatic hydroxyl groups excluding tert-OH is 1. The number of halogens is 5. The third-order valence-electron chi connectivity index (χ3n) is 3.32. The van der Waals surface area contributed by atoms with Crippen molar-refractivity contribution in [1.82, 2.24) is 9.78 Å². The van der Waals surface area contributed by atoms with Crippen molar-refractivity contribution in [1.29, 1.82) is 0 Å². The van der Waals surface area contributed by atoms with Crippen LogP contribution in [0.5, 0.6) is 0 Å². The second kappa shape index (κ2) is 7.08. The Labute approximate surface area is 129 Å². The fourth-order valence-electron chi connectivity index (χ4n) is 2.21. The first-order valence-electron chi connectivity index (χ1n) is 6.99. The van der Waals surface area contributed by atoms with E-state index in [0.29, 0.717) is 5.56 Å². The van der Waals surface area contributed by atoms with Crippen molar-refractivity contribution in [3.05, 3.63) is 52.9 Å². The number of aliphatic hydroxyl groups is 1. The number of aromatic nitrogens is 2. The molecule has 1 aromatic heterocycles. The summed E-state index contributed by atoms with van der Waals surface area (Å²) in [4.78, 5) is 0. The third kappa shape index (κ3) is 4.51. The van der Waals surface area contributed by atoms with Crippen LogP contribution in [-0.4, -0.2) is 21.5 Å². The highest BCUT2D eigenvalue weighted by Crippen LogP contribution is 2.31. The Hall–Kier alpha value is -1.96. The molecule has 0 amide bonds. The number of nitrogens with zero attached hydrogens (tertiary/aromatic N) is 2. The highest BCUT2D eigenvalue weighted by molar-refractivity contribution is 5.21. The molecule has 0 aliphatic heterocycles. The van der Waals surface area contributed by atoms with E-state index in [4.69, 9.17) is 5.11 Å². The van der Waals surface area contributed by atoms with Gasteiger partial charge in [0.25, 0.3) is 0 Å². The molecule has 0 saturated heterocycles. The van der Waals surface area contributed by atoms with Gasteiger partial charge in [-0.2, -0.15) is 18.3 Å². The van der Waals surface area contributed by atoms with Crippen LogP contribution in [0, 0.1) is 11.6 Å². The maximum Gasteiger partial charge on any atom is 0.435 e. The molecule has 2 rings (SSSR count). The summed E-state index contributed by atoms with van der Waals surface area (Å²) in [6.45, 7) is -0.107. The molecular formula is C15H15F5N2O. The fourth-order valence-corrected chi connectivity index (χ4v) is 2.21. The van der Waals surface area contributed by atoms with Gasteiger partial charge in [0, 0.05) is 24.9 Å². The second-order valence-corrected chi connectivity index (χ2v) is 5.09. The van der Waals surface area contributed by atoms with E-state index in [-0.39, 0.29) is 38.0 Å². The molecule has 0 atom stereocenters. The van der Waals surface area contributed by atoms with Crippen LogP contribution in [0.2, 0.25) is 0 Å². The quantitative estimate of drug-likeness (QED) is 0.823. The molecule has 0 unspecified atom stereocenters. The summed E-state index contributed by atoms with van der Waals surface area (Å²) in [6, 6.07) is 3.36. The van der Waals surface area contributed by atoms with E-state index in [1.54, 1.807) is 0 Å². The fraction of sp³-hybridized carbons (Fsp3) is 0.400. The molecule has 1 aromatic carbocycles. The van der Waals surface area contributed by atoms with E-state index >= 15 is 0 Å². The first kappa shape index (κ1) is 17.4. The van der Waals surface area contributed by atoms with Gasteiger partial charge in [-0.3, -0.25) is 4.68 Å². The van der Waals surface area contributed by atoms with Crippen molar-refractivity contribution < 1.29 is 27.1 Å². The zero-order valence-corrected chi connectivity index (χ0v) is 12.1. The van der Waals surface area contributed by atoms with Crippen LogP contribution in [-0.2, 0) is 25.6 Å². The summed E-state index contributed by atoms with van der Waals surface area (Å²) in [6.07, 6.45) is -2.81. The van der Waals surface area contributed by atoms with Crippen LogP contribution < -0.4 is 0 Å². The Bertz CT molecular complexity index is 666. The van der Waals surface area contributed by atoms with Gasteiger partial charge in [-0.05, 0) is 37.0 Å². The van der Waals surface area contributed by atoms with Gasteiger partial charge in [0.15, 0.2) is 17.3 Å². The normalized spacial score (nSPS) is 11.9. The van der Waals surface area contributed by atoms with Gasteiger partial charge in [-0.25, -0.2) is 8.78 Å². The summed E-state index contributed by atoms with van der Waals surface area (Å²) in [5, 5.41) is 12.3. The number of rotatable bonds is 6. The topological polar surface area (TPSA) is 38.0 Å². The van der Waals surface area contributed by atoms with Crippen LogP contribution in [0.1, 0.15) is 23.2 Å². The molecule has 0 spiro atoms. The smallest absolute Gasteiger partial charge is 0.396 e. The van der Waals surface area contributed by atoms with Gasteiger partial charge in [0.2, 0.25) is 0 Å². The molecule has 0 saturated carbocycles. The monoisotopic (exact) mass is 334 g/mol. The molecule has 0 fully saturated rings. The molecule has 1 N–H and O–H groups in total. The zero-order chi connectivity index (χ0) is 17.0. The lowest BCUT2D eigenvalue weighted by Crippen LogP contribution is -2.11. The highest BCUT2D eigenvalue weighted by atomic mass is 19.4. The van der Waals surface area contributed by atoms with Crippen molar-refractivity contribution >= 4 is 0 Å². The number of aryl methyl sites for hydroxylation is 3. The van der Waals surface area contributed by atoms with E-state index < -0.39 is 23.5 Å². The first-order valence-corrected chi connectivity index (χ1v) is 6.99. The summed E-state index contributed by atoms with van der Waals surface area (Å²) in [5.74, 6) is -1.97. The van der Waals surface area contributed by atoms with Crippen LogP contribution in [0.3, 0.4) is 0 Å². The van der Waals surface area contributed by atoms with E-state index in [1.807, 2.05) is 0 Å². The molecule has 0 radical (unpaired) electrons. The van der Waals surface area contributed by atoms with Gasteiger partial charge in [-0.1, -0.05) is 6.07 Å². The lowest BCUT2D eigenvalue weighted by molar-refractivity contribution is -0.142. The number of hydrogen-bond donors (Lipinski definition) is 1. The molecule has 0 aliphatic carbocycles. The largest absolute Gasteiger partial charge is 0.435 e. The molecular weight excluding hydrogens is 319 g/mol. The van der Waals surface area contributed by atoms with E-state index in [2.05, 4.69) is 5.10 Å². The van der Waals surface area contributed by atoms with Crippen molar-refractivity contribution in [2.24, 2.45) is 0 Å². The van der Waals surface area contributed by atoms with Gasteiger partial charge in [0.1, 0.15) is 0 Å². The molecule has 3 nitrogen and oxygen atoms in total. The van der Waals surface area contributed by atoms with Crippen molar-refractivity contribution in [2.45, 2.75) is 32.0 Å². The molecule has 0 bridgehead atoms. The standard InChI is InChI=1S/C15H15F5N2O/c16-12-4-3-10(8-13(12)17)5-6-22-9-11(2-1-7-23)14(21-22)15(18,19)20/h3-4,8-9,23H,1-2,5-7H2. The van der Waals surface area contributed by atoms with Crippen LogP contribution in [0.4, 0.5) is 22.0 Å². The van der Waals surface area contributed by atoms with E-state index in [0.717, 1.165) is 16.8 Å². The minimum absolute atomic E-state index is 0.0110. The van der Waals surface area contributed by atoms with Crippen LogP contribution in [0.15, 0.2) is 24.4 Å². The van der Waals surface area contributed by atoms with Crippen molar-refractivity contribution in [3.8, 4) is 0 Å². The average molecular weight is 334 g/mol. The molecule has 2 aromatic rings. The summed E-state index contributed by atoms with van der Waals surface area (Å²) in [7, 11) is 0. The molecule has 23 heavy (non-hydrogen) atoms. The number of benzene rings is 1. The van der Waals surface area contributed by atoms with Gasteiger partial charge in [-0.15, -0.1) is 0 Å². The van der Waals surface area contributed by atoms with Crippen molar-refractivity contribution in [2.75, 3.05) is 6.61 Å². The minimum Gasteiger partial charge on any atom is -0.396 e. The van der Waals surface area contributed by atoms with Gasteiger partial charge in [0.05, 0.1) is 0 Å². The molecule has 126 valence electrons. The molecule has 1 heterocycles. The Morgan fingerprint density at radius 2 is 1.83 bits per heavy atom. The maximum atomic E-state index is 13.1. The predicted octanol–water partition coefficient (Wildman–Crippen LogP) is 3.35. The highest BCUT2D eigenvalue weighted by Gasteiger charge is 2.36. The van der Waals surface area contributed by atoms with E-state index in [1.165, 1.54) is 12.3 Å². The lowest BCUT2D eigenvalue weighted by Gasteiger charge is -2.05. The molecule has 0 aliphatic rings. The summed E-state index contributed by atoms with van der Waals surface area (Å²) in [5.41, 5.74) is -0.502. The number of alkyl halides is 3. The second-order valence-electron chi connectivity index (χ2n) is 5.09. The van der Waals surface area contributed by atoms with Gasteiger partial charge < -0.3 is 5.11 Å². The minimum atomic E-state index is -4.57. The Balaban J connectivity index is 2.13. The summed E-state index contributed by atoms with van der Waals surface area (Å²) < 4.78 is 65.8. The van der Waals surface area contributed by atoms with Gasteiger partial charge >= 0.3 is 6.18 Å². The SMILES string of the molecule is OCCCc1cn(CCc2ccc(F)c(F)c2)nc1C(F)(F)F. The number of hydrogen-bond acceptors (Lipinski definition) is 2. The Morgan fingerprint density at radius 1 is 1.09 bits per heavy atom. The average Bonchev–Trinajstić information content (AvgIpc) is 2.90. The maximum absolute atomic E-state index is 13.1. The Morgan fingerprint density at radius 3 is 2.43 bits per heavy atom. The van der Waals surface area contributed by atoms with Crippen molar-refractivity contribution in [3.63, 3.8) is 0 Å². The third-order valence-corrected chi connectivity index (χ3v) is 3.32. The predicted molar refractivity (Wildman–Crippen MR) is 72.7 cm³/mol. The van der Waals surface area contributed by atoms with E-state index in [9.17, 15) is 22.0 Å². The summed E-state index contributed by atoms with van der Waals surface area (Å²) >= 11 is 0. The lowest BCUT2D eigenvalue weighted by atomic mass is 10.1. The Kier molecular flexibility index (Phi) is 5.35. The van der Waals surface area contributed by atoms with Crippen LogP contribution >= 0.6 is 0 Å². The first-order chi connectivity index (χ1) is 10.8. The molecule has 8 heteroatoms.